The van der Waals surface area contributed by atoms with Crippen LogP contribution in [0.15, 0.2) is 42.5 Å². The lowest BCUT2D eigenvalue weighted by Gasteiger charge is -2.13. The van der Waals surface area contributed by atoms with Gasteiger partial charge in [0.15, 0.2) is 0 Å². The molecule has 0 amide bonds. The second-order valence-corrected chi connectivity index (χ2v) is 5.71. The minimum atomic E-state index is 0.572. The Morgan fingerprint density at radius 1 is 1.14 bits per heavy atom. The third-order valence-electron chi connectivity index (χ3n) is 3.73. The first kappa shape index (κ1) is 15.9. The minimum absolute atomic E-state index is 0.572. The van der Waals surface area contributed by atoms with Gasteiger partial charge in [-0.15, -0.1) is 0 Å². The zero-order valence-corrected chi connectivity index (χ0v) is 13.4. The maximum Gasteiger partial charge on any atom is 0.130 e. The first-order valence-electron chi connectivity index (χ1n) is 7.40. The fourth-order valence-electron chi connectivity index (χ4n) is 2.23. The van der Waals surface area contributed by atoms with E-state index in [-0.39, 0.29) is 0 Å². The molecule has 0 aromatic heterocycles. The zero-order valence-electron chi connectivity index (χ0n) is 12.6. The molecular formula is C18H22ClNO. The molecule has 112 valence electrons. The molecule has 2 aromatic rings. The highest BCUT2D eigenvalue weighted by Gasteiger charge is 2.07. The third-order valence-corrected chi connectivity index (χ3v) is 3.96. The van der Waals surface area contributed by atoms with Crippen molar-refractivity contribution in [2.24, 2.45) is 5.73 Å². The Kier molecular flexibility index (Phi) is 5.66. The summed E-state index contributed by atoms with van der Waals surface area (Å²) in [7, 11) is 0. The first-order valence-corrected chi connectivity index (χ1v) is 7.78. The first-order chi connectivity index (χ1) is 10.1. The van der Waals surface area contributed by atoms with Gasteiger partial charge in [0.1, 0.15) is 11.5 Å². The van der Waals surface area contributed by atoms with Gasteiger partial charge in [-0.2, -0.15) is 0 Å². The van der Waals surface area contributed by atoms with Crippen LogP contribution in [0.25, 0.3) is 0 Å². The molecule has 1 atom stereocenters. The molecule has 0 aliphatic carbocycles. The van der Waals surface area contributed by atoms with E-state index in [9.17, 15) is 0 Å². The summed E-state index contributed by atoms with van der Waals surface area (Å²) in [5.41, 5.74) is 8.02. The van der Waals surface area contributed by atoms with E-state index in [1.807, 2.05) is 30.3 Å². The fraction of sp³-hybridized carbons (Fsp3) is 0.333. The van der Waals surface area contributed by atoms with Gasteiger partial charge in [-0.05, 0) is 66.8 Å². The molecule has 0 saturated heterocycles. The highest BCUT2D eigenvalue weighted by molar-refractivity contribution is 6.30. The molecule has 0 aliphatic rings. The third kappa shape index (κ3) is 4.23. The van der Waals surface area contributed by atoms with Crippen LogP contribution in [0.2, 0.25) is 5.02 Å². The van der Waals surface area contributed by atoms with Gasteiger partial charge in [0.2, 0.25) is 0 Å². The van der Waals surface area contributed by atoms with Gasteiger partial charge in [0.25, 0.3) is 0 Å². The molecule has 0 fully saturated rings. The van der Waals surface area contributed by atoms with Crippen molar-refractivity contribution in [3.05, 3.63) is 58.6 Å². The summed E-state index contributed by atoms with van der Waals surface area (Å²) in [5.74, 6) is 2.23. The Bertz CT molecular complexity index is 580. The van der Waals surface area contributed by atoms with Crippen molar-refractivity contribution < 1.29 is 4.74 Å². The van der Waals surface area contributed by atoms with Crippen LogP contribution in [0, 0.1) is 0 Å². The standard InChI is InChI=1S/C18H22ClNO/c1-3-13(2)14-4-7-17(8-5-14)21-18-9-6-16(19)12-15(18)10-11-20/h4-9,12-13H,3,10-11,20H2,1-2H3. The topological polar surface area (TPSA) is 35.2 Å². The molecule has 0 bridgehead atoms. The van der Waals surface area contributed by atoms with Gasteiger partial charge in [-0.1, -0.05) is 37.6 Å². The lowest BCUT2D eigenvalue weighted by molar-refractivity contribution is 0.476. The maximum atomic E-state index is 6.03. The van der Waals surface area contributed by atoms with Crippen molar-refractivity contribution in [2.75, 3.05) is 6.54 Å². The predicted octanol–water partition coefficient (Wildman–Crippen LogP) is 5.15. The van der Waals surface area contributed by atoms with Crippen molar-refractivity contribution in [3.8, 4) is 11.5 Å². The largest absolute Gasteiger partial charge is 0.457 e. The summed E-state index contributed by atoms with van der Waals surface area (Å²) in [6.45, 7) is 5.00. The van der Waals surface area contributed by atoms with Crippen LogP contribution in [0.1, 0.15) is 37.3 Å². The second kappa shape index (κ2) is 7.48. The Labute approximate surface area is 131 Å². The lowest BCUT2D eigenvalue weighted by Crippen LogP contribution is -2.04. The number of halogens is 1. The molecule has 1 unspecified atom stereocenters. The average molecular weight is 304 g/mol. The van der Waals surface area contributed by atoms with Gasteiger partial charge in [-0.3, -0.25) is 0 Å². The fourth-order valence-corrected chi connectivity index (χ4v) is 2.42. The SMILES string of the molecule is CCC(C)c1ccc(Oc2ccc(Cl)cc2CCN)cc1. The van der Waals surface area contributed by atoms with Crippen LogP contribution in [0.3, 0.4) is 0 Å². The lowest BCUT2D eigenvalue weighted by atomic mass is 9.99. The Balaban J connectivity index is 2.18. The van der Waals surface area contributed by atoms with E-state index < -0.39 is 0 Å². The molecule has 2 nitrogen and oxygen atoms in total. The molecule has 21 heavy (non-hydrogen) atoms. The second-order valence-electron chi connectivity index (χ2n) is 5.27. The van der Waals surface area contributed by atoms with E-state index in [1.54, 1.807) is 0 Å². The number of benzene rings is 2. The highest BCUT2D eigenvalue weighted by Crippen LogP contribution is 2.29. The number of rotatable bonds is 6. The zero-order chi connectivity index (χ0) is 15.2. The quantitative estimate of drug-likeness (QED) is 0.801. The van der Waals surface area contributed by atoms with Crippen LogP contribution in [0.5, 0.6) is 11.5 Å². The molecule has 2 N–H and O–H groups in total. The van der Waals surface area contributed by atoms with Crippen molar-refractivity contribution >= 4 is 11.6 Å². The predicted molar refractivity (Wildman–Crippen MR) is 89.4 cm³/mol. The smallest absolute Gasteiger partial charge is 0.130 e. The molecule has 0 radical (unpaired) electrons. The van der Waals surface area contributed by atoms with E-state index in [2.05, 4.69) is 26.0 Å². The Morgan fingerprint density at radius 2 is 1.86 bits per heavy atom. The summed E-state index contributed by atoms with van der Waals surface area (Å²) in [6.07, 6.45) is 1.89. The molecule has 0 aliphatic heterocycles. The maximum absolute atomic E-state index is 6.03. The van der Waals surface area contributed by atoms with Gasteiger partial charge in [0.05, 0.1) is 0 Å². The summed E-state index contributed by atoms with van der Waals surface area (Å²) >= 11 is 6.03. The molecule has 0 spiro atoms. The Morgan fingerprint density at radius 3 is 2.48 bits per heavy atom. The number of hydrogen-bond donors (Lipinski definition) is 1. The molecule has 3 heteroatoms. The van der Waals surface area contributed by atoms with Crippen LogP contribution >= 0.6 is 11.6 Å². The van der Waals surface area contributed by atoms with Gasteiger partial charge in [0, 0.05) is 5.02 Å². The van der Waals surface area contributed by atoms with Crippen molar-refractivity contribution in [1.29, 1.82) is 0 Å². The van der Waals surface area contributed by atoms with Crippen LogP contribution in [-0.4, -0.2) is 6.54 Å². The van der Waals surface area contributed by atoms with E-state index in [4.69, 9.17) is 22.1 Å². The van der Waals surface area contributed by atoms with Gasteiger partial charge >= 0.3 is 0 Å². The normalized spacial score (nSPS) is 12.2. The number of nitrogens with two attached hydrogens (primary N) is 1. The monoisotopic (exact) mass is 303 g/mol. The molecule has 2 aromatic carbocycles. The molecule has 0 heterocycles. The summed E-state index contributed by atoms with van der Waals surface area (Å²) in [5, 5.41) is 0.706. The number of ether oxygens (including phenoxy) is 1. The van der Waals surface area contributed by atoms with Gasteiger partial charge < -0.3 is 10.5 Å². The van der Waals surface area contributed by atoms with Crippen molar-refractivity contribution in [1.82, 2.24) is 0 Å². The molecular weight excluding hydrogens is 282 g/mol. The van der Waals surface area contributed by atoms with Crippen LogP contribution in [0.4, 0.5) is 0 Å². The summed E-state index contributed by atoms with van der Waals surface area (Å²) < 4.78 is 5.97. The van der Waals surface area contributed by atoms with Crippen LogP contribution in [-0.2, 0) is 6.42 Å². The molecule has 0 saturated carbocycles. The summed E-state index contributed by atoms with van der Waals surface area (Å²) in [4.78, 5) is 0. The highest BCUT2D eigenvalue weighted by atomic mass is 35.5. The van der Waals surface area contributed by atoms with Crippen molar-refractivity contribution in [3.63, 3.8) is 0 Å². The average Bonchev–Trinajstić information content (AvgIpc) is 2.50. The van der Waals surface area contributed by atoms with E-state index in [1.165, 1.54) is 5.56 Å². The summed E-state index contributed by atoms with van der Waals surface area (Å²) in [6, 6.07) is 13.9. The minimum Gasteiger partial charge on any atom is -0.457 e. The molecule has 2 rings (SSSR count). The number of hydrogen-bond acceptors (Lipinski definition) is 2. The van der Waals surface area contributed by atoms with Crippen molar-refractivity contribution in [2.45, 2.75) is 32.6 Å². The van der Waals surface area contributed by atoms with E-state index in [0.29, 0.717) is 17.5 Å². The van der Waals surface area contributed by atoms with E-state index in [0.717, 1.165) is 29.9 Å². The van der Waals surface area contributed by atoms with Crippen LogP contribution < -0.4 is 10.5 Å². The van der Waals surface area contributed by atoms with Gasteiger partial charge in [-0.25, -0.2) is 0 Å². The Hall–Kier alpha value is -1.51. The van der Waals surface area contributed by atoms with E-state index >= 15 is 0 Å².